The summed E-state index contributed by atoms with van der Waals surface area (Å²) in [5.74, 6) is 0.176. The number of primary amides is 1. The molecule has 0 aromatic heterocycles. The van der Waals surface area contributed by atoms with Crippen molar-refractivity contribution in [2.75, 3.05) is 26.2 Å². The monoisotopic (exact) mass is 346 g/mol. The highest BCUT2D eigenvalue weighted by atomic mass is 35.5. The third-order valence-electron chi connectivity index (χ3n) is 3.78. The van der Waals surface area contributed by atoms with Crippen LogP contribution in [-0.4, -0.2) is 48.3 Å². The van der Waals surface area contributed by atoms with Gasteiger partial charge >= 0.3 is 0 Å². The number of hydrogen-bond donors (Lipinski definition) is 2. The van der Waals surface area contributed by atoms with Crippen LogP contribution in [0.1, 0.15) is 12.8 Å². The Balaban J connectivity index is 1.75. The van der Waals surface area contributed by atoms with Crippen molar-refractivity contribution in [3.05, 3.63) is 28.2 Å². The Bertz CT molecular complexity index is 520. The Kier molecular flexibility index (Phi) is 6.32. The summed E-state index contributed by atoms with van der Waals surface area (Å²) >= 11 is 11.9. The number of β-amino-alcohol motifs (C(OH)–C–C–N with tert-alkyl or cyclic N) is 1. The fourth-order valence-corrected chi connectivity index (χ4v) is 2.86. The molecular weight excluding hydrogens is 327 g/mol. The molecule has 22 heavy (non-hydrogen) atoms. The smallest absolute Gasteiger partial charge is 0.220 e. The van der Waals surface area contributed by atoms with E-state index in [4.69, 9.17) is 33.7 Å². The Morgan fingerprint density at radius 2 is 2.09 bits per heavy atom. The van der Waals surface area contributed by atoms with Gasteiger partial charge in [-0.25, -0.2) is 0 Å². The number of aliphatic hydroxyl groups is 1. The number of aliphatic hydroxyl groups excluding tert-OH is 1. The van der Waals surface area contributed by atoms with Crippen molar-refractivity contribution in [2.24, 2.45) is 11.7 Å². The van der Waals surface area contributed by atoms with Gasteiger partial charge in [0.1, 0.15) is 18.5 Å². The molecule has 1 aromatic carbocycles. The molecule has 0 aliphatic carbocycles. The third kappa shape index (κ3) is 5.02. The van der Waals surface area contributed by atoms with Crippen molar-refractivity contribution >= 4 is 29.1 Å². The van der Waals surface area contributed by atoms with Gasteiger partial charge in [-0.2, -0.15) is 0 Å². The molecule has 0 spiro atoms. The molecule has 1 aromatic rings. The molecular formula is C15H20Cl2N2O3. The largest absolute Gasteiger partial charge is 0.489 e. The molecule has 2 rings (SSSR count). The maximum atomic E-state index is 11.1. The summed E-state index contributed by atoms with van der Waals surface area (Å²) in [6, 6.07) is 4.95. The minimum absolute atomic E-state index is 0.0464. The number of rotatable bonds is 6. The summed E-state index contributed by atoms with van der Waals surface area (Å²) < 4.78 is 5.51. The summed E-state index contributed by atoms with van der Waals surface area (Å²) in [6.07, 6.45) is 0.840. The third-order valence-corrected chi connectivity index (χ3v) is 4.33. The number of halogens is 2. The topological polar surface area (TPSA) is 75.8 Å². The first-order valence-corrected chi connectivity index (χ1v) is 7.99. The van der Waals surface area contributed by atoms with E-state index in [1.54, 1.807) is 18.2 Å². The average Bonchev–Trinajstić information content (AvgIpc) is 2.49. The first-order valence-electron chi connectivity index (χ1n) is 7.23. The van der Waals surface area contributed by atoms with Gasteiger partial charge in [0.05, 0.1) is 5.02 Å². The van der Waals surface area contributed by atoms with Crippen LogP contribution in [0.2, 0.25) is 10.0 Å². The Morgan fingerprint density at radius 3 is 2.73 bits per heavy atom. The van der Waals surface area contributed by atoms with E-state index in [0.29, 0.717) is 22.3 Å². The highest BCUT2D eigenvalue weighted by Gasteiger charge is 2.24. The standard InChI is InChI=1S/C15H20Cl2N2O3/c16-11-1-2-13(17)14(7-11)22-9-12(20)8-19-5-3-10(4-6-19)15(18)21/h1-2,7,10,12,20H,3-6,8-9H2,(H2,18,21)/t12-/m1/s1. The second kappa shape index (κ2) is 8.02. The van der Waals surface area contributed by atoms with Crippen molar-refractivity contribution < 1.29 is 14.6 Å². The number of benzene rings is 1. The van der Waals surface area contributed by atoms with E-state index < -0.39 is 6.10 Å². The molecule has 5 nitrogen and oxygen atoms in total. The van der Waals surface area contributed by atoms with Gasteiger partial charge in [0.25, 0.3) is 0 Å². The van der Waals surface area contributed by atoms with Gasteiger partial charge in [0.2, 0.25) is 5.91 Å². The minimum atomic E-state index is -0.639. The van der Waals surface area contributed by atoms with E-state index in [2.05, 4.69) is 4.90 Å². The second-order valence-electron chi connectivity index (χ2n) is 5.52. The molecule has 1 atom stereocenters. The molecule has 0 saturated carbocycles. The van der Waals surface area contributed by atoms with Crippen molar-refractivity contribution in [3.8, 4) is 5.75 Å². The molecule has 1 aliphatic rings. The van der Waals surface area contributed by atoms with Crippen LogP contribution in [0.15, 0.2) is 18.2 Å². The lowest BCUT2D eigenvalue weighted by Crippen LogP contribution is -2.43. The van der Waals surface area contributed by atoms with E-state index in [0.717, 1.165) is 25.9 Å². The lowest BCUT2D eigenvalue weighted by molar-refractivity contribution is -0.123. The highest BCUT2D eigenvalue weighted by Crippen LogP contribution is 2.27. The van der Waals surface area contributed by atoms with Crippen LogP contribution in [0.25, 0.3) is 0 Å². The molecule has 0 unspecified atom stereocenters. The van der Waals surface area contributed by atoms with Crippen LogP contribution in [0.5, 0.6) is 5.75 Å². The zero-order chi connectivity index (χ0) is 16.1. The molecule has 122 valence electrons. The van der Waals surface area contributed by atoms with Gasteiger partial charge in [0.15, 0.2) is 0 Å². The van der Waals surface area contributed by atoms with Crippen molar-refractivity contribution in [2.45, 2.75) is 18.9 Å². The average molecular weight is 347 g/mol. The van der Waals surface area contributed by atoms with E-state index in [1.165, 1.54) is 0 Å². The molecule has 1 aliphatic heterocycles. The zero-order valence-corrected chi connectivity index (χ0v) is 13.7. The quantitative estimate of drug-likeness (QED) is 0.825. The van der Waals surface area contributed by atoms with Crippen molar-refractivity contribution in [3.63, 3.8) is 0 Å². The van der Waals surface area contributed by atoms with Gasteiger partial charge in [-0.1, -0.05) is 23.2 Å². The summed E-state index contributed by atoms with van der Waals surface area (Å²) in [7, 11) is 0. The molecule has 1 fully saturated rings. The number of carbonyl (C=O) groups is 1. The summed E-state index contributed by atoms with van der Waals surface area (Å²) in [4.78, 5) is 13.2. The van der Waals surface area contributed by atoms with E-state index in [-0.39, 0.29) is 18.4 Å². The second-order valence-corrected chi connectivity index (χ2v) is 6.36. The van der Waals surface area contributed by atoms with Crippen LogP contribution in [0.3, 0.4) is 0 Å². The first kappa shape index (κ1) is 17.3. The van der Waals surface area contributed by atoms with Gasteiger partial charge in [0, 0.05) is 23.6 Å². The predicted octanol–water partition coefficient (Wildman–Crippen LogP) is 1.93. The Hall–Kier alpha value is -1.01. The summed E-state index contributed by atoms with van der Waals surface area (Å²) in [5, 5.41) is 11.1. The molecule has 1 amide bonds. The molecule has 3 N–H and O–H groups in total. The molecule has 7 heteroatoms. The SMILES string of the molecule is NC(=O)C1CCN(C[C@@H](O)COc2cc(Cl)ccc2Cl)CC1. The number of piperidine rings is 1. The number of carbonyl (C=O) groups excluding carboxylic acids is 1. The first-order chi connectivity index (χ1) is 10.5. The number of amides is 1. The Labute approximate surface area is 139 Å². The van der Waals surface area contributed by atoms with Crippen LogP contribution >= 0.6 is 23.2 Å². The highest BCUT2D eigenvalue weighted by molar-refractivity contribution is 6.34. The maximum absolute atomic E-state index is 11.1. The zero-order valence-electron chi connectivity index (χ0n) is 12.2. The van der Waals surface area contributed by atoms with E-state index >= 15 is 0 Å². The van der Waals surface area contributed by atoms with Crippen molar-refractivity contribution in [1.82, 2.24) is 4.90 Å². The van der Waals surface area contributed by atoms with E-state index in [1.807, 2.05) is 0 Å². The normalized spacial score (nSPS) is 18.1. The predicted molar refractivity (Wildman–Crippen MR) is 86.3 cm³/mol. The number of likely N-dealkylation sites (tertiary alicyclic amines) is 1. The lowest BCUT2D eigenvalue weighted by Gasteiger charge is -2.31. The number of nitrogens with two attached hydrogens (primary N) is 1. The lowest BCUT2D eigenvalue weighted by atomic mass is 9.96. The van der Waals surface area contributed by atoms with Gasteiger partial charge < -0.3 is 20.5 Å². The van der Waals surface area contributed by atoms with Gasteiger partial charge in [-0.3, -0.25) is 4.79 Å². The van der Waals surface area contributed by atoms with Gasteiger partial charge in [-0.05, 0) is 38.1 Å². The van der Waals surface area contributed by atoms with Crippen molar-refractivity contribution in [1.29, 1.82) is 0 Å². The molecule has 1 heterocycles. The number of nitrogens with zero attached hydrogens (tertiary/aromatic N) is 1. The van der Waals surface area contributed by atoms with Crippen LogP contribution in [0.4, 0.5) is 0 Å². The molecule has 1 saturated heterocycles. The fourth-order valence-electron chi connectivity index (χ4n) is 2.52. The molecule has 0 bridgehead atoms. The summed E-state index contributed by atoms with van der Waals surface area (Å²) in [6.45, 7) is 2.13. The number of hydrogen-bond acceptors (Lipinski definition) is 4. The van der Waals surface area contributed by atoms with Crippen LogP contribution < -0.4 is 10.5 Å². The Morgan fingerprint density at radius 1 is 1.41 bits per heavy atom. The van der Waals surface area contributed by atoms with E-state index in [9.17, 15) is 9.90 Å². The van der Waals surface area contributed by atoms with Crippen LogP contribution in [0, 0.1) is 5.92 Å². The summed E-state index contributed by atoms with van der Waals surface area (Å²) in [5.41, 5.74) is 5.30. The van der Waals surface area contributed by atoms with Gasteiger partial charge in [-0.15, -0.1) is 0 Å². The minimum Gasteiger partial charge on any atom is -0.489 e. The maximum Gasteiger partial charge on any atom is 0.220 e. The van der Waals surface area contributed by atoms with Crippen LogP contribution in [-0.2, 0) is 4.79 Å². The fraction of sp³-hybridized carbons (Fsp3) is 0.533. The number of ether oxygens (including phenoxy) is 1. The molecule has 0 radical (unpaired) electrons.